The fraction of sp³-hybridized carbons (Fsp3) is 0.444. The molecule has 1 atom stereocenters. The zero-order chi connectivity index (χ0) is 17.2. The number of halogens is 1. The minimum atomic E-state index is -0.352. The first-order chi connectivity index (χ1) is 12.2. The number of ether oxygens (including phenoxy) is 2. The molecular formula is C18H20FN3O3. The summed E-state index contributed by atoms with van der Waals surface area (Å²) in [6, 6.07) is 7.69. The van der Waals surface area contributed by atoms with Crippen molar-refractivity contribution in [3.63, 3.8) is 0 Å². The average molecular weight is 345 g/mol. The van der Waals surface area contributed by atoms with Crippen LogP contribution in [-0.4, -0.2) is 52.7 Å². The number of piperidine rings is 1. The van der Waals surface area contributed by atoms with Crippen LogP contribution in [0.15, 0.2) is 36.5 Å². The number of carbonyl (C=O) groups excluding carboxylic acids is 1. The Morgan fingerprint density at radius 1 is 1.20 bits per heavy atom. The summed E-state index contributed by atoms with van der Waals surface area (Å²) in [4.78, 5) is 14.7. The molecule has 1 aromatic carbocycles. The van der Waals surface area contributed by atoms with Crippen LogP contribution in [0.5, 0.6) is 0 Å². The van der Waals surface area contributed by atoms with E-state index < -0.39 is 0 Å². The highest BCUT2D eigenvalue weighted by atomic mass is 19.1. The molecule has 2 aliphatic rings. The molecule has 0 spiro atoms. The monoisotopic (exact) mass is 345 g/mol. The van der Waals surface area contributed by atoms with Crippen LogP contribution in [0.4, 0.5) is 4.39 Å². The third kappa shape index (κ3) is 3.29. The van der Waals surface area contributed by atoms with Crippen LogP contribution in [0.25, 0.3) is 5.69 Å². The van der Waals surface area contributed by atoms with E-state index in [1.807, 2.05) is 0 Å². The summed E-state index contributed by atoms with van der Waals surface area (Å²) in [5.74, 6) is -0.480. The van der Waals surface area contributed by atoms with Crippen molar-refractivity contribution in [3.8, 4) is 5.69 Å². The Morgan fingerprint density at radius 2 is 2.04 bits per heavy atom. The summed E-state index contributed by atoms with van der Waals surface area (Å²) in [6.45, 7) is 1.80. The molecule has 1 aromatic heterocycles. The van der Waals surface area contributed by atoms with E-state index in [0.29, 0.717) is 31.1 Å². The van der Waals surface area contributed by atoms with Gasteiger partial charge in [0.15, 0.2) is 12.0 Å². The molecule has 2 aromatic rings. The van der Waals surface area contributed by atoms with Gasteiger partial charge in [-0.25, -0.2) is 9.07 Å². The SMILES string of the molecule is O=C(c1ccn(-c2cccc(F)c2)n1)N1CCCCC1C1OCCO1. The Balaban J connectivity index is 1.55. The topological polar surface area (TPSA) is 56.6 Å². The highest BCUT2D eigenvalue weighted by molar-refractivity contribution is 5.92. The highest BCUT2D eigenvalue weighted by Gasteiger charge is 2.37. The normalized spacial score (nSPS) is 21.6. The van der Waals surface area contributed by atoms with Crippen LogP contribution < -0.4 is 0 Å². The second-order valence-corrected chi connectivity index (χ2v) is 6.30. The van der Waals surface area contributed by atoms with Crippen LogP contribution in [0.2, 0.25) is 0 Å². The molecule has 0 bridgehead atoms. The van der Waals surface area contributed by atoms with Crippen molar-refractivity contribution >= 4 is 5.91 Å². The van der Waals surface area contributed by atoms with E-state index in [2.05, 4.69) is 5.10 Å². The summed E-state index contributed by atoms with van der Waals surface area (Å²) in [7, 11) is 0. The summed E-state index contributed by atoms with van der Waals surface area (Å²) in [5.41, 5.74) is 0.922. The van der Waals surface area contributed by atoms with Crippen molar-refractivity contribution in [2.75, 3.05) is 19.8 Å². The number of amides is 1. The van der Waals surface area contributed by atoms with Gasteiger partial charge < -0.3 is 14.4 Å². The van der Waals surface area contributed by atoms with E-state index in [-0.39, 0.29) is 24.1 Å². The molecule has 1 amide bonds. The number of nitrogens with zero attached hydrogens (tertiary/aromatic N) is 3. The number of hydrogen-bond donors (Lipinski definition) is 0. The predicted molar refractivity (Wildman–Crippen MR) is 87.9 cm³/mol. The van der Waals surface area contributed by atoms with Crippen LogP contribution in [0.1, 0.15) is 29.8 Å². The lowest BCUT2D eigenvalue weighted by atomic mass is 10.0. The Morgan fingerprint density at radius 3 is 2.84 bits per heavy atom. The second-order valence-electron chi connectivity index (χ2n) is 6.30. The summed E-state index contributed by atoms with van der Waals surface area (Å²) in [5, 5.41) is 4.33. The lowest BCUT2D eigenvalue weighted by molar-refractivity contribution is -0.100. The molecule has 2 fully saturated rings. The molecule has 25 heavy (non-hydrogen) atoms. The molecule has 3 heterocycles. The van der Waals surface area contributed by atoms with Gasteiger partial charge in [-0.2, -0.15) is 5.10 Å². The van der Waals surface area contributed by atoms with E-state index in [4.69, 9.17) is 9.47 Å². The predicted octanol–water partition coefficient (Wildman–Crippen LogP) is 2.38. The smallest absolute Gasteiger partial charge is 0.274 e. The molecule has 1 unspecified atom stereocenters. The molecule has 0 saturated carbocycles. The average Bonchev–Trinajstić information content (AvgIpc) is 3.33. The first-order valence-corrected chi connectivity index (χ1v) is 8.58. The first kappa shape index (κ1) is 16.2. The van der Waals surface area contributed by atoms with Crippen molar-refractivity contribution in [1.29, 1.82) is 0 Å². The van der Waals surface area contributed by atoms with Crippen molar-refractivity contribution in [1.82, 2.24) is 14.7 Å². The second kappa shape index (κ2) is 6.93. The molecule has 0 N–H and O–H groups in total. The van der Waals surface area contributed by atoms with Crippen molar-refractivity contribution in [3.05, 3.63) is 48.0 Å². The number of hydrogen-bond acceptors (Lipinski definition) is 4. The van der Waals surface area contributed by atoms with Crippen LogP contribution in [-0.2, 0) is 9.47 Å². The van der Waals surface area contributed by atoms with Crippen molar-refractivity contribution in [2.24, 2.45) is 0 Å². The highest BCUT2D eigenvalue weighted by Crippen LogP contribution is 2.26. The summed E-state index contributed by atoms with van der Waals surface area (Å²) < 4.78 is 26.1. The Kier molecular flexibility index (Phi) is 4.50. The minimum Gasteiger partial charge on any atom is -0.348 e. The largest absolute Gasteiger partial charge is 0.348 e. The van der Waals surface area contributed by atoms with E-state index in [1.54, 1.807) is 29.3 Å². The van der Waals surface area contributed by atoms with Gasteiger partial charge in [0.25, 0.3) is 5.91 Å². The van der Waals surface area contributed by atoms with Gasteiger partial charge in [-0.15, -0.1) is 0 Å². The summed E-state index contributed by atoms with van der Waals surface area (Å²) >= 11 is 0. The molecule has 7 heteroatoms. The fourth-order valence-corrected chi connectivity index (χ4v) is 3.44. The lowest BCUT2D eigenvalue weighted by Crippen LogP contribution is -2.50. The lowest BCUT2D eigenvalue weighted by Gasteiger charge is -2.37. The third-order valence-corrected chi connectivity index (χ3v) is 4.65. The Labute approximate surface area is 145 Å². The van der Waals surface area contributed by atoms with Crippen LogP contribution in [0.3, 0.4) is 0 Å². The van der Waals surface area contributed by atoms with Gasteiger partial charge in [0.2, 0.25) is 0 Å². The van der Waals surface area contributed by atoms with Gasteiger partial charge >= 0.3 is 0 Å². The Hall–Kier alpha value is -2.25. The first-order valence-electron chi connectivity index (χ1n) is 8.58. The standard InChI is InChI=1S/C18H20FN3O3/c19-13-4-3-5-14(12-13)22-9-7-15(20-22)17(23)21-8-2-1-6-16(21)18-24-10-11-25-18/h3-5,7,9,12,16,18H,1-2,6,8,10-11H2. The van der Waals surface area contributed by atoms with E-state index in [9.17, 15) is 9.18 Å². The zero-order valence-electron chi connectivity index (χ0n) is 13.8. The van der Waals surface area contributed by atoms with Gasteiger partial charge in [0.1, 0.15) is 5.82 Å². The molecule has 132 valence electrons. The molecular weight excluding hydrogens is 325 g/mol. The molecule has 6 nitrogen and oxygen atoms in total. The minimum absolute atomic E-state index is 0.0805. The van der Waals surface area contributed by atoms with Crippen molar-refractivity contribution < 1.29 is 18.7 Å². The quantitative estimate of drug-likeness (QED) is 0.857. The zero-order valence-corrected chi connectivity index (χ0v) is 13.8. The number of likely N-dealkylation sites (tertiary alicyclic amines) is 1. The van der Waals surface area contributed by atoms with Gasteiger partial charge in [0, 0.05) is 12.7 Å². The number of benzene rings is 1. The van der Waals surface area contributed by atoms with Gasteiger partial charge in [-0.1, -0.05) is 6.07 Å². The molecule has 0 radical (unpaired) electrons. The third-order valence-electron chi connectivity index (χ3n) is 4.65. The maximum Gasteiger partial charge on any atom is 0.274 e. The van der Waals surface area contributed by atoms with E-state index in [1.165, 1.54) is 16.8 Å². The fourth-order valence-electron chi connectivity index (χ4n) is 3.44. The van der Waals surface area contributed by atoms with Gasteiger partial charge in [0.05, 0.1) is 24.9 Å². The number of aromatic nitrogens is 2. The Bertz CT molecular complexity index is 758. The molecule has 0 aliphatic carbocycles. The maximum absolute atomic E-state index is 13.4. The molecule has 2 aliphatic heterocycles. The molecule has 4 rings (SSSR count). The van der Waals surface area contributed by atoms with Gasteiger partial charge in [-0.3, -0.25) is 4.79 Å². The number of rotatable bonds is 3. The summed E-state index contributed by atoms with van der Waals surface area (Å²) in [6.07, 6.45) is 4.19. The molecule has 2 saturated heterocycles. The van der Waals surface area contributed by atoms with Crippen LogP contribution >= 0.6 is 0 Å². The van der Waals surface area contributed by atoms with E-state index >= 15 is 0 Å². The maximum atomic E-state index is 13.4. The number of carbonyl (C=O) groups is 1. The van der Waals surface area contributed by atoms with Gasteiger partial charge in [-0.05, 0) is 43.5 Å². The van der Waals surface area contributed by atoms with Crippen LogP contribution in [0, 0.1) is 5.82 Å². The van der Waals surface area contributed by atoms with E-state index in [0.717, 1.165) is 19.3 Å². The van der Waals surface area contributed by atoms with Crippen molar-refractivity contribution in [2.45, 2.75) is 31.6 Å².